The first-order chi connectivity index (χ1) is 7.09. The third-order valence-electron chi connectivity index (χ3n) is 2.90. The van der Waals surface area contributed by atoms with Crippen molar-refractivity contribution in [2.24, 2.45) is 5.41 Å². The average Bonchev–Trinajstić information content (AvgIpc) is 2.19. The first-order valence-electron chi connectivity index (χ1n) is 5.27. The Bertz CT molecular complexity index is 376. The summed E-state index contributed by atoms with van der Waals surface area (Å²) in [5.74, 6) is -0.175. The molecule has 1 nitrogen and oxygen atoms in total. The minimum absolute atomic E-state index is 0.121. The van der Waals surface area contributed by atoms with E-state index in [1.54, 1.807) is 0 Å². The Balaban J connectivity index is 2.37. The Morgan fingerprint density at radius 1 is 1.20 bits per heavy atom. The second-order valence-electron chi connectivity index (χ2n) is 4.64. The van der Waals surface area contributed by atoms with Crippen molar-refractivity contribution in [3.8, 4) is 0 Å². The summed E-state index contributed by atoms with van der Waals surface area (Å²) in [6.07, 6.45) is 2.19. The van der Waals surface area contributed by atoms with Crippen LogP contribution in [0, 0.1) is 11.2 Å². The van der Waals surface area contributed by atoms with Crippen molar-refractivity contribution in [2.45, 2.75) is 13.8 Å². The summed E-state index contributed by atoms with van der Waals surface area (Å²) in [6, 6.07) is 6.76. The maximum absolute atomic E-state index is 12.8. The van der Waals surface area contributed by atoms with Gasteiger partial charge in [0, 0.05) is 18.5 Å². The molecule has 2 heteroatoms. The van der Waals surface area contributed by atoms with Gasteiger partial charge in [-0.1, -0.05) is 32.1 Å². The van der Waals surface area contributed by atoms with E-state index in [0.717, 1.165) is 18.7 Å². The number of nitrogens with one attached hydrogen (secondary N) is 1. The van der Waals surface area contributed by atoms with Crippen LogP contribution in [0.1, 0.15) is 19.4 Å². The van der Waals surface area contributed by atoms with Crippen LogP contribution in [0.15, 0.2) is 30.3 Å². The third-order valence-corrected chi connectivity index (χ3v) is 2.90. The molecule has 0 unspecified atom stereocenters. The largest absolute Gasteiger partial charge is 0.312 e. The fourth-order valence-corrected chi connectivity index (χ4v) is 2.07. The summed E-state index contributed by atoms with van der Waals surface area (Å²) in [5, 5.41) is 3.34. The monoisotopic (exact) mass is 205 g/mol. The Morgan fingerprint density at radius 2 is 1.87 bits per heavy atom. The van der Waals surface area contributed by atoms with Crippen LogP contribution in [0.4, 0.5) is 4.39 Å². The summed E-state index contributed by atoms with van der Waals surface area (Å²) in [6.45, 7) is 6.27. The lowest BCUT2D eigenvalue weighted by Crippen LogP contribution is -2.35. The van der Waals surface area contributed by atoms with Crippen molar-refractivity contribution in [3.63, 3.8) is 0 Å². The van der Waals surface area contributed by atoms with Crippen molar-refractivity contribution < 1.29 is 4.39 Å². The van der Waals surface area contributed by atoms with Gasteiger partial charge in [0.1, 0.15) is 5.82 Å². The molecule has 80 valence electrons. The SMILES string of the molecule is CC1(C)CNCC=C1c1ccc(F)cc1. The Hall–Kier alpha value is -1.15. The quantitative estimate of drug-likeness (QED) is 0.743. The van der Waals surface area contributed by atoms with E-state index < -0.39 is 0 Å². The van der Waals surface area contributed by atoms with E-state index in [4.69, 9.17) is 0 Å². The highest BCUT2D eigenvalue weighted by Gasteiger charge is 2.26. The summed E-state index contributed by atoms with van der Waals surface area (Å²) in [7, 11) is 0. The molecule has 0 spiro atoms. The molecule has 0 atom stereocenters. The fraction of sp³-hybridized carbons (Fsp3) is 0.385. The van der Waals surface area contributed by atoms with Crippen molar-refractivity contribution in [1.29, 1.82) is 0 Å². The lowest BCUT2D eigenvalue weighted by atomic mass is 9.78. The van der Waals surface area contributed by atoms with E-state index in [0.29, 0.717) is 0 Å². The minimum atomic E-state index is -0.175. The molecule has 0 saturated heterocycles. The topological polar surface area (TPSA) is 12.0 Å². The normalized spacial score (nSPS) is 19.8. The molecule has 1 aromatic rings. The molecule has 0 aliphatic carbocycles. The van der Waals surface area contributed by atoms with Gasteiger partial charge in [0.25, 0.3) is 0 Å². The van der Waals surface area contributed by atoms with Gasteiger partial charge >= 0.3 is 0 Å². The lowest BCUT2D eigenvalue weighted by molar-refractivity contribution is 0.446. The van der Waals surface area contributed by atoms with Crippen molar-refractivity contribution >= 4 is 5.57 Å². The molecule has 2 rings (SSSR count). The van der Waals surface area contributed by atoms with Crippen LogP contribution in [0.2, 0.25) is 0 Å². The van der Waals surface area contributed by atoms with Crippen LogP contribution in [0.25, 0.3) is 5.57 Å². The third kappa shape index (κ3) is 2.10. The molecule has 0 fully saturated rings. The van der Waals surface area contributed by atoms with Crippen LogP contribution in [-0.2, 0) is 0 Å². The molecule has 1 heterocycles. The first-order valence-corrected chi connectivity index (χ1v) is 5.27. The van der Waals surface area contributed by atoms with Crippen molar-refractivity contribution in [1.82, 2.24) is 5.32 Å². The van der Waals surface area contributed by atoms with E-state index >= 15 is 0 Å². The van der Waals surface area contributed by atoms with Crippen LogP contribution in [-0.4, -0.2) is 13.1 Å². The molecule has 0 saturated carbocycles. The molecule has 0 aromatic heterocycles. The van der Waals surface area contributed by atoms with Gasteiger partial charge in [-0.3, -0.25) is 0 Å². The van der Waals surface area contributed by atoms with Gasteiger partial charge < -0.3 is 5.32 Å². The zero-order valence-electron chi connectivity index (χ0n) is 9.18. The standard InChI is InChI=1S/C13H16FN/c1-13(2)9-15-8-7-12(13)10-3-5-11(14)6-4-10/h3-7,15H,8-9H2,1-2H3. The van der Waals surface area contributed by atoms with Gasteiger partial charge in [-0.05, 0) is 23.3 Å². The smallest absolute Gasteiger partial charge is 0.123 e. The van der Waals surface area contributed by atoms with Gasteiger partial charge in [-0.25, -0.2) is 4.39 Å². The molecule has 0 radical (unpaired) electrons. The molecule has 0 bridgehead atoms. The second-order valence-corrected chi connectivity index (χ2v) is 4.64. The van der Waals surface area contributed by atoms with Crippen molar-refractivity contribution in [2.75, 3.05) is 13.1 Å². The van der Waals surface area contributed by atoms with Gasteiger partial charge in [-0.15, -0.1) is 0 Å². The molecule has 0 amide bonds. The first kappa shape index (κ1) is 10.4. The highest BCUT2D eigenvalue weighted by atomic mass is 19.1. The van der Waals surface area contributed by atoms with Crippen LogP contribution < -0.4 is 5.32 Å². The van der Waals surface area contributed by atoms with E-state index in [-0.39, 0.29) is 11.2 Å². The van der Waals surface area contributed by atoms with Gasteiger partial charge in [0.05, 0.1) is 0 Å². The van der Waals surface area contributed by atoms with Crippen LogP contribution >= 0.6 is 0 Å². The summed E-state index contributed by atoms with van der Waals surface area (Å²) >= 11 is 0. The Morgan fingerprint density at radius 3 is 2.47 bits per heavy atom. The fourth-order valence-electron chi connectivity index (χ4n) is 2.07. The number of rotatable bonds is 1. The zero-order chi connectivity index (χ0) is 10.9. The van der Waals surface area contributed by atoms with Gasteiger partial charge in [0.15, 0.2) is 0 Å². The number of hydrogen-bond acceptors (Lipinski definition) is 1. The summed E-state index contributed by atoms with van der Waals surface area (Å²) in [5.41, 5.74) is 2.56. The molecule has 1 aromatic carbocycles. The maximum Gasteiger partial charge on any atom is 0.123 e. The summed E-state index contributed by atoms with van der Waals surface area (Å²) < 4.78 is 12.8. The van der Waals surface area contributed by atoms with E-state index in [9.17, 15) is 4.39 Å². The Labute approximate surface area is 90.0 Å². The minimum Gasteiger partial charge on any atom is -0.312 e. The molecular formula is C13H16FN. The highest BCUT2D eigenvalue weighted by Crippen LogP contribution is 2.35. The average molecular weight is 205 g/mol. The summed E-state index contributed by atoms with van der Waals surface area (Å²) in [4.78, 5) is 0. The predicted octanol–water partition coefficient (Wildman–Crippen LogP) is 2.84. The van der Waals surface area contributed by atoms with Crippen LogP contribution in [0.5, 0.6) is 0 Å². The van der Waals surface area contributed by atoms with Gasteiger partial charge in [0.2, 0.25) is 0 Å². The molecule has 15 heavy (non-hydrogen) atoms. The van der Waals surface area contributed by atoms with Crippen LogP contribution in [0.3, 0.4) is 0 Å². The number of benzene rings is 1. The Kier molecular flexibility index (Phi) is 2.61. The number of halogens is 1. The highest BCUT2D eigenvalue weighted by molar-refractivity contribution is 5.70. The predicted molar refractivity (Wildman–Crippen MR) is 61.0 cm³/mol. The molecule has 1 aliphatic rings. The molecule has 1 N–H and O–H groups in total. The molecule has 1 aliphatic heterocycles. The van der Waals surface area contributed by atoms with E-state index in [2.05, 4.69) is 25.2 Å². The molecular weight excluding hydrogens is 189 g/mol. The zero-order valence-corrected chi connectivity index (χ0v) is 9.18. The number of hydrogen-bond donors (Lipinski definition) is 1. The van der Waals surface area contributed by atoms with Crippen molar-refractivity contribution in [3.05, 3.63) is 41.7 Å². The second kappa shape index (κ2) is 3.78. The lowest BCUT2D eigenvalue weighted by Gasteiger charge is -2.32. The van der Waals surface area contributed by atoms with E-state index in [1.165, 1.54) is 17.7 Å². The van der Waals surface area contributed by atoms with E-state index in [1.807, 2.05) is 12.1 Å². The maximum atomic E-state index is 12.8. The van der Waals surface area contributed by atoms with Gasteiger partial charge in [-0.2, -0.15) is 0 Å².